The highest BCUT2D eigenvalue weighted by Crippen LogP contribution is 2.23. The molecule has 108 valence electrons. The Balaban J connectivity index is 2.20. The quantitative estimate of drug-likeness (QED) is 0.626. The molecule has 2 heterocycles. The van der Waals surface area contributed by atoms with Gasteiger partial charge in [0.1, 0.15) is 13.2 Å². The standard InChI is InChI=1S/C6H8N3O8S2/c10-5-8(1-3-16-5)18(12,13)7-19(14,15)9-2-4-17-6(9)11/h1-4H2/q-1. The third kappa shape index (κ3) is 2.57. The van der Waals surface area contributed by atoms with E-state index in [9.17, 15) is 26.4 Å². The van der Waals surface area contributed by atoms with Crippen LogP contribution in [-0.2, 0) is 29.9 Å². The van der Waals surface area contributed by atoms with E-state index in [1.54, 1.807) is 0 Å². The second kappa shape index (κ2) is 4.50. The van der Waals surface area contributed by atoms with Crippen LogP contribution in [-0.4, -0.2) is 63.9 Å². The third-order valence-corrected chi connectivity index (χ3v) is 5.48. The van der Waals surface area contributed by atoms with E-state index in [4.69, 9.17) is 0 Å². The van der Waals surface area contributed by atoms with Gasteiger partial charge in [-0.3, -0.25) is 0 Å². The Morgan fingerprint density at radius 1 is 0.842 bits per heavy atom. The first-order chi connectivity index (χ1) is 8.74. The van der Waals surface area contributed by atoms with E-state index < -0.39 is 32.6 Å². The van der Waals surface area contributed by atoms with Gasteiger partial charge in [-0.25, -0.2) is 35.0 Å². The van der Waals surface area contributed by atoms with Gasteiger partial charge in [0.2, 0.25) is 0 Å². The molecule has 0 aromatic rings. The van der Waals surface area contributed by atoms with Gasteiger partial charge in [-0.2, -0.15) is 0 Å². The van der Waals surface area contributed by atoms with Gasteiger partial charge in [-0.05, 0) is 0 Å². The molecule has 0 N–H and O–H groups in total. The molecule has 0 saturated carbocycles. The van der Waals surface area contributed by atoms with Crippen LogP contribution < -0.4 is 0 Å². The molecule has 2 aliphatic heterocycles. The van der Waals surface area contributed by atoms with Crippen molar-refractivity contribution in [2.24, 2.45) is 0 Å². The van der Waals surface area contributed by atoms with Crippen molar-refractivity contribution in [2.45, 2.75) is 0 Å². The molecule has 2 aliphatic rings. The Bertz CT molecular complexity index is 556. The van der Waals surface area contributed by atoms with Gasteiger partial charge in [0.15, 0.2) is 20.4 Å². The average Bonchev–Trinajstić information content (AvgIpc) is 2.85. The molecule has 19 heavy (non-hydrogen) atoms. The molecule has 0 aliphatic carbocycles. The van der Waals surface area contributed by atoms with Crippen molar-refractivity contribution in [3.05, 3.63) is 4.13 Å². The average molecular weight is 314 g/mol. The molecule has 0 aromatic heterocycles. The highest BCUT2D eigenvalue weighted by Gasteiger charge is 2.34. The van der Waals surface area contributed by atoms with Crippen LogP contribution in [0, 0.1) is 0 Å². The van der Waals surface area contributed by atoms with Gasteiger partial charge >= 0.3 is 12.2 Å². The van der Waals surface area contributed by atoms with Gasteiger partial charge in [-0.1, -0.05) is 0 Å². The lowest BCUT2D eigenvalue weighted by molar-refractivity contribution is 0.169. The summed E-state index contributed by atoms with van der Waals surface area (Å²) < 4.78 is 58.1. The molecule has 11 nitrogen and oxygen atoms in total. The molecule has 0 atom stereocenters. The number of ether oxygens (including phenoxy) is 2. The lowest BCUT2D eigenvalue weighted by Crippen LogP contribution is -2.37. The Morgan fingerprint density at radius 2 is 1.21 bits per heavy atom. The molecule has 13 heteroatoms. The van der Waals surface area contributed by atoms with E-state index in [1.165, 1.54) is 0 Å². The van der Waals surface area contributed by atoms with Gasteiger partial charge in [-0.15, -0.1) is 0 Å². The minimum absolute atomic E-state index is 0.159. The van der Waals surface area contributed by atoms with Crippen molar-refractivity contribution in [1.82, 2.24) is 8.61 Å². The van der Waals surface area contributed by atoms with Crippen LogP contribution in [0.3, 0.4) is 0 Å². The molecule has 0 radical (unpaired) electrons. The third-order valence-electron chi connectivity index (χ3n) is 2.19. The van der Waals surface area contributed by atoms with E-state index in [0.717, 1.165) is 0 Å². The summed E-state index contributed by atoms with van der Waals surface area (Å²) in [4.78, 5) is 22.1. The number of cyclic esters (lactones) is 2. The number of nitrogens with zero attached hydrogens (tertiary/aromatic N) is 3. The topological polar surface area (TPSA) is 141 Å². The summed E-state index contributed by atoms with van der Waals surface area (Å²) in [5.74, 6) is 0. The lowest BCUT2D eigenvalue weighted by atomic mass is 10.7. The maximum absolute atomic E-state index is 11.6. The second-order valence-corrected chi connectivity index (χ2v) is 6.67. The van der Waals surface area contributed by atoms with Crippen molar-refractivity contribution in [1.29, 1.82) is 0 Å². The monoisotopic (exact) mass is 314 g/mol. The molecule has 0 bridgehead atoms. The van der Waals surface area contributed by atoms with Crippen LogP contribution in [0.15, 0.2) is 0 Å². The Kier molecular flexibility index (Phi) is 3.27. The van der Waals surface area contributed by atoms with E-state index in [2.05, 4.69) is 13.6 Å². The van der Waals surface area contributed by atoms with Crippen molar-refractivity contribution < 1.29 is 35.9 Å². The maximum atomic E-state index is 11.6. The largest absolute Gasteiger partial charge is 0.447 e. The minimum atomic E-state index is -4.78. The van der Waals surface area contributed by atoms with Crippen LogP contribution in [0.4, 0.5) is 9.59 Å². The lowest BCUT2D eigenvalue weighted by Gasteiger charge is -2.28. The number of carbonyl (C=O) groups excluding carboxylic acids is 2. The summed E-state index contributed by atoms with van der Waals surface area (Å²) in [5.41, 5.74) is 0. The number of rotatable bonds is 4. The predicted molar refractivity (Wildman–Crippen MR) is 57.3 cm³/mol. The Labute approximate surface area is 108 Å². The molecular weight excluding hydrogens is 306 g/mol. The second-order valence-electron chi connectivity index (χ2n) is 3.40. The molecule has 2 rings (SSSR count). The minimum Gasteiger partial charge on any atom is -0.447 e. The fourth-order valence-electron chi connectivity index (χ4n) is 1.38. The van der Waals surface area contributed by atoms with Crippen molar-refractivity contribution in [3.8, 4) is 0 Å². The number of carbonyl (C=O) groups is 2. The number of hydrogen-bond donors (Lipinski definition) is 0. The summed E-state index contributed by atoms with van der Waals surface area (Å²) in [7, 11) is -9.56. The van der Waals surface area contributed by atoms with Crippen LogP contribution in [0.25, 0.3) is 4.13 Å². The zero-order valence-electron chi connectivity index (χ0n) is 9.25. The first-order valence-electron chi connectivity index (χ1n) is 4.87. The number of hydrogen-bond acceptors (Lipinski definition) is 8. The summed E-state index contributed by atoms with van der Waals surface area (Å²) >= 11 is 0. The highest BCUT2D eigenvalue weighted by molar-refractivity contribution is 8.10. The Morgan fingerprint density at radius 3 is 1.47 bits per heavy atom. The van der Waals surface area contributed by atoms with Crippen LogP contribution in [0.5, 0.6) is 0 Å². The van der Waals surface area contributed by atoms with E-state index in [0.29, 0.717) is 0 Å². The first kappa shape index (κ1) is 13.8. The van der Waals surface area contributed by atoms with Gasteiger partial charge in [0.25, 0.3) is 0 Å². The molecule has 0 aromatic carbocycles. The summed E-state index contributed by atoms with van der Waals surface area (Å²) in [5, 5.41) is 0. The zero-order chi connectivity index (χ0) is 14.3. The highest BCUT2D eigenvalue weighted by atomic mass is 32.3. The van der Waals surface area contributed by atoms with Crippen molar-refractivity contribution >= 4 is 32.6 Å². The van der Waals surface area contributed by atoms with E-state index in [1.807, 2.05) is 0 Å². The normalized spacial score (nSPS) is 20.6. The zero-order valence-corrected chi connectivity index (χ0v) is 10.9. The first-order valence-corrected chi connectivity index (χ1v) is 7.66. The van der Waals surface area contributed by atoms with Crippen LogP contribution in [0.1, 0.15) is 0 Å². The fraction of sp³-hybridized carbons (Fsp3) is 0.667. The molecule has 0 unspecified atom stereocenters. The molecule has 2 fully saturated rings. The van der Waals surface area contributed by atoms with E-state index in [-0.39, 0.29) is 34.9 Å². The predicted octanol–water partition coefficient (Wildman–Crippen LogP) is -1.25. The maximum Gasteiger partial charge on any atom is 0.422 e. The summed E-state index contributed by atoms with van der Waals surface area (Å²) in [6.45, 7) is -1.08. The van der Waals surface area contributed by atoms with E-state index >= 15 is 0 Å². The van der Waals surface area contributed by atoms with Gasteiger partial charge in [0, 0.05) is 0 Å². The SMILES string of the molecule is O=C1OCCN1S(=O)(=O)[N-]S(=O)(=O)N1CCOC1=O. The van der Waals surface area contributed by atoms with Crippen molar-refractivity contribution in [2.75, 3.05) is 26.3 Å². The van der Waals surface area contributed by atoms with Crippen molar-refractivity contribution in [3.63, 3.8) is 0 Å². The van der Waals surface area contributed by atoms with Crippen LogP contribution >= 0.6 is 0 Å². The molecule has 2 amide bonds. The molecule has 2 saturated heterocycles. The van der Waals surface area contributed by atoms with Crippen LogP contribution in [0.2, 0.25) is 0 Å². The smallest absolute Gasteiger partial charge is 0.422 e. The molecular formula is C6H8N3O8S2-. The summed E-state index contributed by atoms with van der Waals surface area (Å²) in [6.07, 6.45) is -2.44. The van der Waals surface area contributed by atoms with Gasteiger partial charge < -0.3 is 13.6 Å². The molecule has 0 spiro atoms. The fourth-order valence-corrected chi connectivity index (χ4v) is 4.07. The Hall–Kier alpha value is -1.60. The number of amides is 2. The van der Waals surface area contributed by atoms with Gasteiger partial charge in [0.05, 0.1) is 13.1 Å². The summed E-state index contributed by atoms with van der Waals surface area (Å²) in [6, 6.07) is 0.